The van der Waals surface area contributed by atoms with E-state index in [2.05, 4.69) is 109 Å². The molecular weight excluding hydrogens is 1770 g/mol. The number of hydrogen-bond acceptors (Lipinski definition) is 31. The van der Waals surface area contributed by atoms with E-state index in [1.807, 2.05) is 55.4 Å². The van der Waals surface area contributed by atoms with Gasteiger partial charge in [0, 0.05) is 78.7 Å². The van der Waals surface area contributed by atoms with Crippen LogP contribution < -0.4 is 55.5 Å². The highest BCUT2D eigenvalue weighted by Crippen LogP contribution is 2.35. The van der Waals surface area contributed by atoms with Crippen molar-refractivity contribution in [3.63, 3.8) is 0 Å². The molecule has 20 rings (SSSR count). The molecule has 40 heteroatoms. The van der Waals surface area contributed by atoms with Crippen molar-refractivity contribution >= 4 is 99.6 Å². The van der Waals surface area contributed by atoms with E-state index in [1.165, 1.54) is 62.6 Å². The lowest BCUT2D eigenvalue weighted by Crippen LogP contribution is -2.29. The van der Waals surface area contributed by atoms with Gasteiger partial charge in [-0.3, -0.25) is 77.3 Å². The molecule has 0 aliphatic heterocycles. The van der Waals surface area contributed by atoms with Gasteiger partial charge in [0.15, 0.2) is 5.82 Å². The second-order valence-corrected chi connectivity index (χ2v) is 33.6. The van der Waals surface area contributed by atoms with E-state index in [0.29, 0.717) is 134 Å². The number of aromatic amines is 4. The first kappa shape index (κ1) is 91.1. The number of ether oxygens (including phenoxy) is 1. The number of anilines is 1. The van der Waals surface area contributed by atoms with Crippen LogP contribution in [0.4, 0.5) is 11.9 Å². The zero-order valence-electron chi connectivity index (χ0n) is 74.9. The Balaban J connectivity index is 0.000000128. The quantitative estimate of drug-likeness (QED) is 0.0435. The van der Waals surface area contributed by atoms with Crippen molar-refractivity contribution in [1.82, 2.24) is 118 Å². The van der Waals surface area contributed by atoms with Gasteiger partial charge >= 0.3 is 34.7 Å². The Hall–Kier alpha value is -19.8. The number of aliphatic hydroxyl groups is 1. The fourth-order valence-corrected chi connectivity index (χ4v) is 15.2. The van der Waals surface area contributed by atoms with Crippen LogP contribution in [-0.4, -0.2) is 130 Å². The van der Waals surface area contributed by atoms with Gasteiger partial charge in [0.25, 0.3) is 22.2 Å². The number of rotatable bonds is 14. The van der Waals surface area contributed by atoms with Gasteiger partial charge in [-0.25, -0.2) is 69.0 Å². The van der Waals surface area contributed by atoms with Crippen LogP contribution in [0.15, 0.2) is 258 Å². The maximum atomic E-state index is 13.0. The monoisotopic (exact) mass is 1840 g/mol. The molecule has 0 spiro atoms. The molecule has 0 unspecified atom stereocenters. The maximum absolute atomic E-state index is 13.0. The molecule has 0 saturated heterocycles. The lowest BCUT2D eigenvalue weighted by Gasteiger charge is -2.17. The summed E-state index contributed by atoms with van der Waals surface area (Å²) in [7, 11) is 1.48. The van der Waals surface area contributed by atoms with Crippen LogP contribution in [0.2, 0.25) is 0 Å². The Labute approximate surface area is 781 Å². The predicted molar refractivity (Wildman–Crippen MR) is 515 cm³/mol. The van der Waals surface area contributed by atoms with Crippen LogP contribution in [0.5, 0.6) is 6.01 Å². The first-order valence-corrected chi connectivity index (χ1v) is 42.2. The standard InChI is InChI=1S/C25H16N8O2.2C25H19N7O3.C24H18N8O2/c1-25(2,13-26)15-4-6-16(7-5-15)33-21-17(22(34)32-24(33)35)12-28-19-9-8-18(31-20(19)21)14-10-29-23(27-3)30-11-14;1-25(2,13-26)15-4-6-16(7-5-15)32-21-17(22(33)31-24(32)34)12-27-19-9-8-18(30-20(19)21)14-10-28-23(35-3)29-11-14;1-25(2,13-26)15-3-5-16(6-4-15)32-22-17(23(34)31-24(32)35)11-27-19-8-7-18(30-21(19)22)14-9-28-20(12-33)29-10-14;1-24(2,12-25)14-3-5-15(6-4-14)32-20-16(21(33)31-23(32)34)11-27-18-8-7-17(30-19(18)20)13-9-28-22(26)29-10-13/h4-12H,1-2H3,(H,32,34,35);4-12H,1-3H3,(H,31,33,34);3-11,33H,12H2,1-2H3,(H,31,34,35);3-11H,1-2H3,(H2,26,28,29)(H,31,33,34). The molecule has 0 fully saturated rings. The first-order chi connectivity index (χ1) is 66.7. The van der Waals surface area contributed by atoms with Crippen molar-refractivity contribution in [2.45, 2.75) is 83.7 Å². The number of benzene rings is 4. The molecule has 7 N–H and O–H groups in total. The number of methoxy groups -OCH3 is 1. The lowest BCUT2D eigenvalue weighted by molar-refractivity contribution is 0.271. The number of aromatic nitrogens is 24. The number of fused-ring (bicyclic) bond motifs is 12. The number of nitrogens with one attached hydrogen (secondary N) is 4. The molecule has 0 aliphatic carbocycles. The highest BCUT2D eigenvalue weighted by atomic mass is 16.5. The highest BCUT2D eigenvalue weighted by Gasteiger charge is 2.28. The number of nitrogens with two attached hydrogens (primary N) is 1. The summed E-state index contributed by atoms with van der Waals surface area (Å²) in [5, 5.41) is 47.8. The smallest absolute Gasteiger partial charge is 0.371 e. The number of nitrogen functional groups attached to an aromatic ring is 1. The van der Waals surface area contributed by atoms with Gasteiger partial charge in [0.05, 0.1) is 182 Å². The topological polar surface area (TPSA) is 581 Å². The summed E-state index contributed by atoms with van der Waals surface area (Å²) in [6.07, 6.45) is 18.0. The predicted octanol–water partition coefficient (Wildman–Crippen LogP) is 11.2. The minimum absolute atomic E-state index is 0.0186. The molecule has 40 nitrogen and oxygen atoms in total. The summed E-state index contributed by atoms with van der Waals surface area (Å²) in [5.74, 6) is 0.440. The zero-order chi connectivity index (χ0) is 98.3. The van der Waals surface area contributed by atoms with Crippen LogP contribution >= 0.6 is 0 Å². The van der Waals surface area contributed by atoms with E-state index < -0.39 is 66.7 Å². The number of aliphatic hydroxyl groups excluding tert-OH is 1. The van der Waals surface area contributed by atoms with E-state index in [4.69, 9.17) is 37.0 Å². The molecule has 0 saturated carbocycles. The van der Waals surface area contributed by atoms with Crippen LogP contribution in [0.3, 0.4) is 0 Å². The van der Waals surface area contributed by atoms with Gasteiger partial charge < -0.3 is 20.4 Å². The fourth-order valence-electron chi connectivity index (χ4n) is 15.2. The van der Waals surface area contributed by atoms with E-state index in [1.54, 1.807) is 183 Å². The van der Waals surface area contributed by atoms with E-state index >= 15 is 0 Å². The van der Waals surface area contributed by atoms with Gasteiger partial charge in [-0.15, -0.1) is 6.57 Å². The molecule has 16 heterocycles. The fraction of sp³-hybridized carbons (Fsp3) is 0.141. The molecule has 0 amide bonds. The normalized spacial score (nSPS) is 11.5. The van der Waals surface area contributed by atoms with Gasteiger partial charge in [0.2, 0.25) is 5.95 Å². The van der Waals surface area contributed by atoms with E-state index in [9.17, 15) is 64.5 Å². The average molecular weight is 1840 g/mol. The Bertz CT molecular complexity index is 8910. The molecule has 4 aromatic carbocycles. The number of pyridine rings is 8. The van der Waals surface area contributed by atoms with Crippen molar-refractivity contribution in [3.8, 4) is 98.1 Å². The Morgan fingerprint density at radius 3 is 0.813 bits per heavy atom. The van der Waals surface area contributed by atoms with Gasteiger partial charge in [0.1, 0.15) is 28.7 Å². The number of nitriles is 4. The van der Waals surface area contributed by atoms with Crippen LogP contribution in [0.25, 0.3) is 160 Å². The van der Waals surface area contributed by atoms with Crippen molar-refractivity contribution in [1.29, 1.82) is 21.0 Å². The molecule has 20 aromatic rings. The summed E-state index contributed by atoms with van der Waals surface area (Å²) >= 11 is 0. The van der Waals surface area contributed by atoms with Crippen molar-refractivity contribution in [2.24, 2.45) is 0 Å². The number of H-pyrrole nitrogens is 4. The maximum Gasteiger partial charge on any atom is 0.371 e. The Kier molecular flexibility index (Phi) is 23.9. The largest absolute Gasteiger partial charge is 0.467 e. The molecule has 139 heavy (non-hydrogen) atoms. The van der Waals surface area contributed by atoms with Gasteiger partial charge in [-0.2, -0.15) is 31.0 Å². The van der Waals surface area contributed by atoms with E-state index in [0.717, 1.165) is 22.3 Å². The summed E-state index contributed by atoms with van der Waals surface area (Å²) in [5.41, 5.74) is 12.5. The van der Waals surface area contributed by atoms with E-state index in [-0.39, 0.29) is 51.9 Å². The molecule has 0 bridgehead atoms. The average Bonchev–Trinajstić information content (AvgIpc) is 0.752. The summed E-state index contributed by atoms with van der Waals surface area (Å²) in [4.78, 5) is 184. The summed E-state index contributed by atoms with van der Waals surface area (Å²) < 4.78 is 10.6. The minimum atomic E-state index is -0.700. The Morgan fingerprint density at radius 1 is 0.345 bits per heavy atom. The zero-order valence-corrected chi connectivity index (χ0v) is 74.9. The number of nitrogens with zero attached hydrogens (tertiary/aromatic N) is 25. The van der Waals surface area contributed by atoms with Gasteiger partial charge in [-0.1, -0.05) is 48.5 Å². The van der Waals surface area contributed by atoms with Crippen molar-refractivity contribution < 1.29 is 9.84 Å². The first-order valence-electron chi connectivity index (χ1n) is 42.2. The highest BCUT2D eigenvalue weighted by molar-refractivity contribution is 6.05. The SMILES string of the molecule is CC(C)(C#N)c1ccc(-n2c(=O)[nH]c(=O)c3cnc4ccc(-c5cnc(CO)nc5)nc4c32)cc1.CC(C)(C#N)c1ccc(-n2c(=O)[nH]c(=O)c3cnc4ccc(-c5cnc(N)nc5)nc4c32)cc1.COc1ncc(-c2ccc3ncc4c(=O)[nH]c(=O)n(-c5ccc(C(C)(C)C#N)cc5)c4c3n2)cn1.[C-]#[N+]c1ncc(-c2ccc3ncc4c(=O)[nH]c(=O)n(-c5ccc(C(C)(C)C#N)cc5)c4c3n2)cn1. The molecule has 678 valence electrons. The number of hydrogen-bond donors (Lipinski definition) is 6. The molecule has 16 aromatic heterocycles. The van der Waals surface area contributed by atoms with Crippen LogP contribution in [0, 0.1) is 51.9 Å². The Morgan fingerprint density at radius 2 is 0.583 bits per heavy atom. The third kappa shape index (κ3) is 17.5. The third-order valence-corrected chi connectivity index (χ3v) is 23.1. The van der Waals surface area contributed by atoms with Gasteiger partial charge in [-0.05, 0) is 175 Å². The second-order valence-electron chi connectivity index (χ2n) is 33.6. The molecular formula is C99H72N30O10. The third-order valence-electron chi connectivity index (χ3n) is 23.1. The van der Waals surface area contributed by atoms with Crippen molar-refractivity contribution in [3.05, 3.63) is 343 Å². The van der Waals surface area contributed by atoms with Crippen LogP contribution in [0.1, 0.15) is 83.5 Å². The molecule has 0 aliphatic rings. The lowest BCUT2D eigenvalue weighted by atomic mass is 9.86. The van der Waals surface area contributed by atoms with Crippen LogP contribution in [-0.2, 0) is 28.3 Å². The van der Waals surface area contributed by atoms with Crippen molar-refractivity contribution in [2.75, 3.05) is 12.8 Å². The molecule has 0 radical (unpaired) electrons. The minimum Gasteiger partial charge on any atom is -0.467 e. The summed E-state index contributed by atoms with van der Waals surface area (Å²) in [6.45, 7) is 21.2. The molecule has 0 atom stereocenters. The summed E-state index contributed by atoms with van der Waals surface area (Å²) in [6, 6.07) is 51.4. The second kappa shape index (κ2) is 36.4.